The molecule has 0 aromatic heterocycles. The Morgan fingerprint density at radius 1 is 1.57 bits per heavy atom. The highest BCUT2D eigenvalue weighted by Gasteiger charge is 2.01. The zero-order valence-corrected chi connectivity index (χ0v) is 8.34. The first-order valence-corrected chi connectivity index (χ1v) is 4.53. The lowest BCUT2D eigenvalue weighted by Crippen LogP contribution is -2.09. The van der Waals surface area contributed by atoms with E-state index in [1.165, 1.54) is 6.07 Å². The Balaban J connectivity index is 2.61. The fourth-order valence-electron chi connectivity index (χ4n) is 1.07. The van der Waals surface area contributed by atoms with E-state index in [4.69, 9.17) is 5.26 Å². The normalized spacial score (nSPS) is 11.9. The summed E-state index contributed by atoms with van der Waals surface area (Å²) in [6.07, 6.45) is 0. The van der Waals surface area contributed by atoms with Crippen LogP contribution in [-0.4, -0.2) is 6.54 Å². The van der Waals surface area contributed by atoms with Gasteiger partial charge in [0, 0.05) is 12.2 Å². The highest BCUT2D eigenvalue weighted by atomic mass is 19.1. The number of nitrogens with zero attached hydrogens (tertiary/aromatic N) is 1. The van der Waals surface area contributed by atoms with Crippen LogP contribution in [0.25, 0.3) is 0 Å². The Hall–Kier alpha value is -1.56. The average Bonchev–Trinajstić information content (AvgIpc) is 2.19. The molecule has 1 rings (SSSR count). The fraction of sp³-hybridized carbons (Fsp3) is 0.364. The van der Waals surface area contributed by atoms with E-state index in [0.717, 1.165) is 5.69 Å². The van der Waals surface area contributed by atoms with E-state index in [9.17, 15) is 4.39 Å². The van der Waals surface area contributed by atoms with Crippen LogP contribution in [-0.2, 0) is 0 Å². The smallest absolute Gasteiger partial charge is 0.126 e. The van der Waals surface area contributed by atoms with Gasteiger partial charge in [-0.05, 0) is 37.6 Å². The van der Waals surface area contributed by atoms with E-state index in [1.807, 2.05) is 6.92 Å². The van der Waals surface area contributed by atoms with Gasteiger partial charge in [-0.1, -0.05) is 0 Å². The molecule has 0 aliphatic heterocycles. The Labute approximate surface area is 83.4 Å². The van der Waals surface area contributed by atoms with Crippen molar-refractivity contribution in [3.63, 3.8) is 0 Å². The Morgan fingerprint density at radius 3 is 2.86 bits per heavy atom. The first kappa shape index (κ1) is 10.5. The minimum absolute atomic E-state index is 0.0413. The minimum atomic E-state index is -0.205. The highest BCUT2D eigenvalue weighted by molar-refractivity contribution is 5.46. The van der Waals surface area contributed by atoms with Crippen molar-refractivity contribution in [2.24, 2.45) is 5.92 Å². The zero-order valence-electron chi connectivity index (χ0n) is 8.34. The number of anilines is 1. The molecule has 0 saturated heterocycles. The third kappa shape index (κ3) is 2.74. The number of nitrogens with one attached hydrogen (secondary N) is 1. The predicted octanol–water partition coefficient (Wildman–Crippen LogP) is 2.71. The third-order valence-electron chi connectivity index (χ3n) is 1.99. The molecule has 2 nitrogen and oxygen atoms in total. The van der Waals surface area contributed by atoms with Gasteiger partial charge in [-0.25, -0.2) is 4.39 Å². The van der Waals surface area contributed by atoms with Crippen molar-refractivity contribution in [1.82, 2.24) is 0 Å². The number of halogens is 1. The van der Waals surface area contributed by atoms with Crippen LogP contribution < -0.4 is 5.32 Å². The number of benzene rings is 1. The van der Waals surface area contributed by atoms with Gasteiger partial charge >= 0.3 is 0 Å². The standard InChI is InChI=1S/C11H13FN2/c1-8(6-13)7-14-10-3-4-11(12)9(2)5-10/h3-5,8,14H,7H2,1-2H3. The first-order chi connectivity index (χ1) is 6.63. The first-order valence-electron chi connectivity index (χ1n) is 4.53. The topological polar surface area (TPSA) is 35.8 Å². The Bertz CT molecular complexity index is 355. The van der Waals surface area contributed by atoms with Gasteiger partial charge in [0.05, 0.1) is 12.0 Å². The van der Waals surface area contributed by atoms with Crippen LogP contribution in [0.5, 0.6) is 0 Å². The predicted molar refractivity (Wildman–Crippen MR) is 54.4 cm³/mol. The van der Waals surface area contributed by atoms with E-state index in [2.05, 4.69) is 11.4 Å². The summed E-state index contributed by atoms with van der Waals surface area (Å²) in [6.45, 7) is 4.14. The molecule has 0 fully saturated rings. The van der Waals surface area contributed by atoms with Crippen LogP contribution in [0.3, 0.4) is 0 Å². The van der Waals surface area contributed by atoms with Crippen LogP contribution in [0.15, 0.2) is 18.2 Å². The SMILES string of the molecule is Cc1cc(NCC(C)C#N)ccc1F. The maximum atomic E-state index is 12.9. The van der Waals surface area contributed by atoms with Crippen molar-refractivity contribution in [2.45, 2.75) is 13.8 Å². The molecule has 0 heterocycles. The Kier molecular flexibility index (Phi) is 3.47. The van der Waals surface area contributed by atoms with Crippen LogP contribution in [0, 0.1) is 30.0 Å². The molecule has 0 amide bonds. The summed E-state index contributed by atoms with van der Waals surface area (Å²) in [5.74, 6) is -0.246. The highest BCUT2D eigenvalue weighted by Crippen LogP contribution is 2.13. The number of hydrogen-bond donors (Lipinski definition) is 1. The molecule has 1 N–H and O–H groups in total. The molecular weight excluding hydrogens is 179 g/mol. The van der Waals surface area contributed by atoms with Crippen LogP contribution in [0.1, 0.15) is 12.5 Å². The lowest BCUT2D eigenvalue weighted by molar-refractivity contribution is 0.618. The van der Waals surface area contributed by atoms with Gasteiger partial charge in [0.2, 0.25) is 0 Å². The van der Waals surface area contributed by atoms with Gasteiger partial charge in [0.1, 0.15) is 5.82 Å². The van der Waals surface area contributed by atoms with E-state index in [1.54, 1.807) is 19.1 Å². The van der Waals surface area contributed by atoms with Gasteiger partial charge in [-0.3, -0.25) is 0 Å². The summed E-state index contributed by atoms with van der Waals surface area (Å²) in [5, 5.41) is 11.6. The van der Waals surface area contributed by atoms with Crippen LogP contribution in [0.4, 0.5) is 10.1 Å². The molecule has 0 radical (unpaired) electrons. The van der Waals surface area contributed by atoms with Crippen molar-refractivity contribution < 1.29 is 4.39 Å². The molecule has 14 heavy (non-hydrogen) atoms. The molecule has 1 aromatic rings. The van der Waals surface area contributed by atoms with Crippen molar-refractivity contribution in [3.8, 4) is 6.07 Å². The van der Waals surface area contributed by atoms with Crippen LogP contribution in [0.2, 0.25) is 0 Å². The maximum Gasteiger partial charge on any atom is 0.126 e. The molecule has 1 atom stereocenters. The molecule has 0 aliphatic carbocycles. The molecule has 74 valence electrons. The molecule has 0 saturated carbocycles. The van der Waals surface area contributed by atoms with Gasteiger partial charge in [0.25, 0.3) is 0 Å². The van der Waals surface area contributed by atoms with E-state index >= 15 is 0 Å². The minimum Gasteiger partial charge on any atom is -0.384 e. The molecule has 0 spiro atoms. The zero-order chi connectivity index (χ0) is 10.6. The van der Waals surface area contributed by atoms with Crippen molar-refractivity contribution in [3.05, 3.63) is 29.6 Å². The van der Waals surface area contributed by atoms with Gasteiger partial charge in [-0.15, -0.1) is 0 Å². The second-order valence-electron chi connectivity index (χ2n) is 3.38. The number of nitriles is 1. The van der Waals surface area contributed by atoms with Crippen molar-refractivity contribution >= 4 is 5.69 Å². The Morgan fingerprint density at radius 2 is 2.29 bits per heavy atom. The second kappa shape index (κ2) is 4.61. The molecule has 0 aliphatic rings. The summed E-state index contributed by atoms with van der Waals surface area (Å²) in [4.78, 5) is 0. The second-order valence-corrected chi connectivity index (χ2v) is 3.38. The summed E-state index contributed by atoms with van der Waals surface area (Å²) in [6, 6.07) is 6.96. The average molecular weight is 192 g/mol. The molecule has 3 heteroatoms. The summed E-state index contributed by atoms with van der Waals surface area (Å²) in [5.41, 5.74) is 1.46. The molecular formula is C11H13FN2. The van der Waals surface area contributed by atoms with Crippen molar-refractivity contribution in [1.29, 1.82) is 5.26 Å². The largest absolute Gasteiger partial charge is 0.384 e. The lowest BCUT2D eigenvalue weighted by Gasteiger charge is -2.08. The van der Waals surface area contributed by atoms with Gasteiger partial charge in [0.15, 0.2) is 0 Å². The number of hydrogen-bond acceptors (Lipinski definition) is 2. The monoisotopic (exact) mass is 192 g/mol. The summed E-state index contributed by atoms with van der Waals surface area (Å²) in [7, 11) is 0. The quantitative estimate of drug-likeness (QED) is 0.799. The third-order valence-corrected chi connectivity index (χ3v) is 1.99. The van der Waals surface area contributed by atoms with Gasteiger partial charge in [-0.2, -0.15) is 5.26 Å². The van der Waals surface area contributed by atoms with Crippen molar-refractivity contribution in [2.75, 3.05) is 11.9 Å². The molecule has 0 bridgehead atoms. The van der Waals surface area contributed by atoms with Gasteiger partial charge < -0.3 is 5.32 Å². The fourth-order valence-corrected chi connectivity index (χ4v) is 1.07. The van der Waals surface area contributed by atoms with Crippen LogP contribution >= 0.6 is 0 Å². The molecule has 1 aromatic carbocycles. The molecule has 1 unspecified atom stereocenters. The number of rotatable bonds is 3. The maximum absolute atomic E-state index is 12.9. The summed E-state index contributed by atoms with van der Waals surface area (Å²) >= 11 is 0. The van der Waals surface area contributed by atoms with E-state index < -0.39 is 0 Å². The summed E-state index contributed by atoms with van der Waals surface area (Å²) < 4.78 is 12.9. The number of aryl methyl sites for hydroxylation is 1. The lowest BCUT2D eigenvalue weighted by atomic mass is 10.2. The van der Waals surface area contributed by atoms with E-state index in [0.29, 0.717) is 12.1 Å². The van der Waals surface area contributed by atoms with E-state index in [-0.39, 0.29) is 11.7 Å².